The fourth-order valence-corrected chi connectivity index (χ4v) is 2.89. The van der Waals surface area contributed by atoms with Crippen molar-refractivity contribution in [2.75, 3.05) is 18.5 Å². The van der Waals surface area contributed by atoms with Gasteiger partial charge >= 0.3 is 0 Å². The van der Waals surface area contributed by atoms with Gasteiger partial charge in [-0.25, -0.2) is 0 Å². The number of carbonyl (C=O) groups is 1. The number of halogens is 1. The SMILES string of the molecule is Cc1ccccc1C1=NCC(=O)N(C)c2ccc(Br)cc21. The predicted molar refractivity (Wildman–Crippen MR) is 89.2 cm³/mol. The van der Waals surface area contributed by atoms with Crippen molar-refractivity contribution < 1.29 is 4.79 Å². The van der Waals surface area contributed by atoms with Crippen LogP contribution in [0, 0.1) is 6.92 Å². The van der Waals surface area contributed by atoms with Crippen LogP contribution < -0.4 is 4.90 Å². The third-order valence-corrected chi connectivity index (χ3v) is 4.22. The van der Waals surface area contributed by atoms with Crippen LogP contribution in [0.5, 0.6) is 0 Å². The summed E-state index contributed by atoms with van der Waals surface area (Å²) in [6, 6.07) is 14.0. The van der Waals surface area contributed by atoms with Gasteiger partial charge in [0.25, 0.3) is 0 Å². The molecule has 21 heavy (non-hydrogen) atoms. The van der Waals surface area contributed by atoms with Crippen molar-refractivity contribution in [3.05, 3.63) is 63.6 Å². The molecule has 0 spiro atoms. The van der Waals surface area contributed by atoms with Crippen molar-refractivity contribution >= 4 is 33.2 Å². The molecular weight excluding hydrogens is 328 g/mol. The van der Waals surface area contributed by atoms with E-state index in [0.717, 1.165) is 32.6 Å². The molecule has 4 heteroatoms. The van der Waals surface area contributed by atoms with E-state index in [1.165, 1.54) is 0 Å². The summed E-state index contributed by atoms with van der Waals surface area (Å²) < 4.78 is 0.977. The average molecular weight is 343 g/mol. The molecule has 1 aliphatic heterocycles. The summed E-state index contributed by atoms with van der Waals surface area (Å²) in [4.78, 5) is 18.4. The van der Waals surface area contributed by atoms with Crippen LogP contribution in [0.4, 0.5) is 5.69 Å². The lowest BCUT2D eigenvalue weighted by atomic mass is 9.97. The van der Waals surface area contributed by atoms with Crippen LogP contribution in [0.25, 0.3) is 0 Å². The van der Waals surface area contributed by atoms with Crippen molar-refractivity contribution in [1.29, 1.82) is 0 Å². The van der Waals surface area contributed by atoms with Crippen molar-refractivity contribution in [2.24, 2.45) is 4.99 Å². The number of hydrogen-bond acceptors (Lipinski definition) is 2. The number of carbonyl (C=O) groups excluding carboxylic acids is 1. The first-order valence-corrected chi connectivity index (χ1v) is 7.54. The van der Waals surface area contributed by atoms with Gasteiger partial charge in [-0.3, -0.25) is 9.79 Å². The number of amides is 1. The lowest BCUT2D eigenvalue weighted by Gasteiger charge is -2.18. The number of likely N-dealkylation sites (N-methyl/N-ethyl adjacent to an activating group) is 1. The van der Waals surface area contributed by atoms with E-state index in [1.807, 2.05) is 30.3 Å². The van der Waals surface area contributed by atoms with Gasteiger partial charge in [0.1, 0.15) is 6.54 Å². The molecule has 1 amide bonds. The van der Waals surface area contributed by atoms with Crippen LogP contribution in [-0.4, -0.2) is 25.2 Å². The minimum Gasteiger partial charge on any atom is -0.313 e. The molecule has 0 bridgehead atoms. The highest BCUT2D eigenvalue weighted by atomic mass is 79.9. The molecule has 0 N–H and O–H groups in total. The van der Waals surface area contributed by atoms with Crippen molar-refractivity contribution in [1.82, 2.24) is 0 Å². The molecule has 0 radical (unpaired) electrons. The van der Waals surface area contributed by atoms with E-state index in [0.29, 0.717) is 0 Å². The summed E-state index contributed by atoms with van der Waals surface area (Å²) in [6.07, 6.45) is 0. The molecule has 0 unspecified atom stereocenters. The molecule has 3 nitrogen and oxygen atoms in total. The minimum absolute atomic E-state index is 0.00200. The van der Waals surface area contributed by atoms with Gasteiger partial charge in [0, 0.05) is 22.6 Å². The normalized spacial score (nSPS) is 14.5. The number of rotatable bonds is 1. The zero-order valence-electron chi connectivity index (χ0n) is 11.9. The van der Waals surface area contributed by atoms with Crippen LogP contribution in [0.1, 0.15) is 16.7 Å². The Labute approximate surface area is 132 Å². The van der Waals surface area contributed by atoms with Gasteiger partial charge < -0.3 is 4.90 Å². The van der Waals surface area contributed by atoms with Crippen molar-refractivity contribution in [3.63, 3.8) is 0 Å². The van der Waals surface area contributed by atoms with E-state index in [-0.39, 0.29) is 12.5 Å². The fraction of sp³-hybridized carbons (Fsp3) is 0.176. The Hall–Kier alpha value is -1.94. The highest BCUT2D eigenvalue weighted by Crippen LogP contribution is 2.29. The maximum atomic E-state index is 12.1. The van der Waals surface area contributed by atoms with Crippen molar-refractivity contribution in [2.45, 2.75) is 6.92 Å². The number of benzodiazepines with no additional fused rings is 1. The Kier molecular flexibility index (Phi) is 3.64. The van der Waals surface area contributed by atoms with Crippen LogP contribution in [0.3, 0.4) is 0 Å². The van der Waals surface area contributed by atoms with Gasteiger partial charge in [-0.1, -0.05) is 40.2 Å². The first-order valence-electron chi connectivity index (χ1n) is 6.75. The van der Waals surface area contributed by atoms with E-state index in [9.17, 15) is 4.79 Å². The topological polar surface area (TPSA) is 32.7 Å². The third kappa shape index (κ3) is 2.51. The summed E-state index contributed by atoms with van der Waals surface area (Å²) in [5.74, 6) is 0.00200. The summed E-state index contributed by atoms with van der Waals surface area (Å²) >= 11 is 3.51. The van der Waals surface area contributed by atoms with E-state index in [2.05, 4.69) is 40.0 Å². The van der Waals surface area contributed by atoms with Gasteiger partial charge in [-0.05, 0) is 30.7 Å². The van der Waals surface area contributed by atoms with Crippen LogP contribution in [0.15, 0.2) is 51.9 Å². The maximum Gasteiger partial charge on any atom is 0.248 e. The molecule has 2 aromatic carbocycles. The maximum absolute atomic E-state index is 12.1. The standard InChI is InChI=1S/C17H15BrN2O/c1-11-5-3-4-6-13(11)17-14-9-12(18)7-8-15(14)20(2)16(21)10-19-17/h3-9H,10H2,1-2H3. The van der Waals surface area contributed by atoms with Gasteiger partial charge in [-0.2, -0.15) is 0 Å². The lowest BCUT2D eigenvalue weighted by Crippen LogP contribution is -2.27. The Morgan fingerprint density at radius 1 is 1.14 bits per heavy atom. The molecule has 2 aromatic rings. The Balaban J connectivity index is 2.26. The van der Waals surface area contributed by atoms with E-state index < -0.39 is 0 Å². The zero-order chi connectivity index (χ0) is 15.0. The van der Waals surface area contributed by atoms with Crippen LogP contribution in [0.2, 0.25) is 0 Å². The summed E-state index contributed by atoms with van der Waals surface area (Å²) in [5, 5.41) is 0. The zero-order valence-corrected chi connectivity index (χ0v) is 13.5. The van der Waals surface area contributed by atoms with Gasteiger partial charge in [-0.15, -0.1) is 0 Å². The minimum atomic E-state index is 0.00200. The molecule has 3 rings (SSSR count). The second-order valence-corrected chi connectivity index (χ2v) is 6.01. The monoisotopic (exact) mass is 342 g/mol. The Bertz CT molecular complexity index is 752. The highest BCUT2D eigenvalue weighted by Gasteiger charge is 2.23. The number of nitrogens with zero attached hydrogens (tertiary/aromatic N) is 2. The van der Waals surface area contributed by atoms with Crippen molar-refractivity contribution in [3.8, 4) is 0 Å². The quantitative estimate of drug-likeness (QED) is 0.779. The number of anilines is 1. The second-order valence-electron chi connectivity index (χ2n) is 5.09. The molecule has 0 saturated carbocycles. The number of aryl methyl sites for hydroxylation is 1. The fourth-order valence-electron chi connectivity index (χ4n) is 2.53. The van der Waals surface area contributed by atoms with Gasteiger partial charge in [0.05, 0.1) is 11.4 Å². The largest absolute Gasteiger partial charge is 0.313 e. The molecule has 106 valence electrons. The van der Waals surface area contributed by atoms with Crippen LogP contribution >= 0.6 is 15.9 Å². The third-order valence-electron chi connectivity index (χ3n) is 3.72. The summed E-state index contributed by atoms with van der Waals surface area (Å²) in [7, 11) is 1.80. The number of hydrogen-bond donors (Lipinski definition) is 0. The molecule has 0 fully saturated rings. The molecular formula is C17H15BrN2O. The average Bonchev–Trinajstić information content (AvgIpc) is 2.59. The Morgan fingerprint density at radius 3 is 2.67 bits per heavy atom. The predicted octanol–water partition coefficient (Wildman–Crippen LogP) is 3.57. The number of aliphatic imine (C=N–C) groups is 1. The molecule has 1 aliphatic rings. The summed E-state index contributed by atoms with van der Waals surface area (Å²) in [5.41, 5.74) is 4.97. The van der Waals surface area contributed by atoms with E-state index in [1.54, 1.807) is 11.9 Å². The smallest absolute Gasteiger partial charge is 0.248 e. The molecule has 0 atom stereocenters. The second kappa shape index (κ2) is 5.45. The van der Waals surface area contributed by atoms with Gasteiger partial charge in [0.2, 0.25) is 5.91 Å². The first-order chi connectivity index (χ1) is 10.1. The Morgan fingerprint density at radius 2 is 1.90 bits per heavy atom. The highest BCUT2D eigenvalue weighted by molar-refractivity contribution is 9.10. The summed E-state index contributed by atoms with van der Waals surface area (Å²) in [6.45, 7) is 2.23. The number of benzene rings is 2. The molecule has 0 saturated heterocycles. The van der Waals surface area contributed by atoms with Gasteiger partial charge in [0.15, 0.2) is 0 Å². The van der Waals surface area contributed by atoms with Crippen LogP contribution in [-0.2, 0) is 4.79 Å². The molecule has 0 aliphatic carbocycles. The van der Waals surface area contributed by atoms with E-state index in [4.69, 9.17) is 0 Å². The first kappa shape index (κ1) is 14.0. The molecule has 0 aromatic heterocycles. The molecule has 1 heterocycles. The number of fused-ring (bicyclic) bond motifs is 1. The lowest BCUT2D eigenvalue weighted by molar-refractivity contribution is -0.116. The van der Waals surface area contributed by atoms with E-state index >= 15 is 0 Å².